The summed E-state index contributed by atoms with van der Waals surface area (Å²) in [4.78, 5) is 4.54. The van der Waals surface area contributed by atoms with Gasteiger partial charge in [0.05, 0.1) is 12.1 Å². The fourth-order valence-electron chi connectivity index (χ4n) is 2.29. The van der Waals surface area contributed by atoms with Crippen molar-refractivity contribution >= 4 is 11.8 Å². The zero-order valence-electron chi connectivity index (χ0n) is 13.0. The van der Waals surface area contributed by atoms with Gasteiger partial charge in [-0.2, -0.15) is 0 Å². The molecule has 0 radical (unpaired) electrons. The van der Waals surface area contributed by atoms with Crippen LogP contribution in [0.15, 0.2) is 35.4 Å². The highest BCUT2D eigenvalue weighted by Gasteiger charge is 2.13. The topological polar surface area (TPSA) is 48.1 Å². The zero-order chi connectivity index (χ0) is 15.4. The lowest BCUT2D eigenvalue weighted by Gasteiger charge is -2.16. The Balaban J connectivity index is 2.11. The summed E-state index contributed by atoms with van der Waals surface area (Å²) >= 11 is 1.69. The number of rotatable bonds is 5. The average Bonchev–Trinajstić information content (AvgIpc) is 2.43. The summed E-state index contributed by atoms with van der Waals surface area (Å²) in [5, 5.41) is 1.02. The van der Waals surface area contributed by atoms with Gasteiger partial charge >= 0.3 is 0 Å². The molecule has 1 aromatic carbocycles. The number of aromatic nitrogens is 1. The Bertz CT molecular complexity index is 608. The minimum Gasteiger partial charge on any atom is -0.496 e. The Morgan fingerprint density at radius 3 is 2.57 bits per heavy atom. The number of methoxy groups -OCH3 is 1. The molecule has 0 aliphatic carbocycles. The molecule has 0 aliphatic rings. The highest BCUT2D eigenvalue weighted by atomic mass is 32.2. The lowest BCUT2D eigenvalue weighted by molar-refractivity contribution is 0.407. The van der Waals surface area contributed by atoms with Crippen LogP contribution in [-0.2, 0) is 0 Å². The summed E-state index contributed by atoms with van der Waals surface area (Å²) < 4.78 is 5.41. The maximum absolute atomic E-state index is 6.34. The monoisotopic (exact) mass is 302 g/mol. The predicted molar refractivity (Wildman–Crippen MR) is 89.1 cm³/mol. The van der Waals surface area contributed by atoms with Crippen molar-refractivity contribution in [1.29, 1.82) is 0 Å². The highest BCUT2D eigenvalue weighted by molar-refractivity contribution is 7.99. The van der Waals surface area contributed by atoms with Crippen LogP contribution in [-0.4, -0.2) is 17.8 Å². The summed E-state index contributed by atoms with van der Waals surface area (Å²) in [6.07, 6.45) is 0. The third-order valence-corrected chi connectivity index (χ3v) is 4.30. The molecule has 4 heteroatoms. The molecule has 1 aromatic heterocycles. The van der Waals surface area contributed by atoms with Crippen molar-refractivity contribution in [2.45, 2.75) is 31.8 Å². The van der Waals surface area contributed by atoms with Crippen LogP contribution in [0.4, 0.5) is 0 Å². The summed E-state index contributed by atoms with van der Waals surface area (Å²) in [6.45, 7) is 6.16. The molecule has 112 valence electrons. The number of nitrogens with zero attached hydrogens (tertiary/aromatic N) is 1. The standard InChI is InChI=1S/C17H22N2OS/c1-11-5-6-16(20-4)14(8-11)15(18)10-21-17-9-12(2)7-13(3)19-17/h5-9,15H,10,18H2,1-4H3. The van der Waals surface area contributed by atoms with E-state index in [4.69, 9.17) is 10.5 Å². The van der Waals surface area contributed by atoms with Gasteiger partial charge in [-0.3, -0.25) is 0 Å². The molecule has 2 aromatic rings. The van der Waals surface area contributed by atoms with Gasteiger partial charge in [0.25, 0.3) is 0 Å². The third kappa shape index (κ3) is 4.22. The number of aryl methyl sites for hydroxylation is 3. The van der Waals surface area contributed by atoms with E-state index in [0.717, 1.165) is 27.8 Å². The summed E-state index contributed by atoms with van der Waals surface area (Å²) in [5.41, 5.74) is 10.8. The fourth-order valence-corrected chi connectivity index (χ4v) is 3.29. The predicted octanol–water partition coefficient (Wildman–Crippen LogP) is 3.81. The second-order valence-electron chi connectivity index (χ2n) is 5.29. The van der Waals surface area contributed by atoms with Crippen molar-refractivity contribution in [3.8, 4) is 5.75 Å². The molecule has 0 aliphatic heterocycles. The van der Waals surface area contributed by atoms with Gasteiger partial charge in [-0.15, -0.1) is 11.8 Å². The normalized spacial score (nSPS) is 12.2. The highest BCUT2D eigenvalue weighted by Crippen LogP contribution is 2.29. The molecule has 0 saturated heterocycles. The van der Waals surface area contributed by atoms with Gasteiger partial charge < -0.3 is 10.5 Å². The van der Waals surface area contributed by atoms with Gasteiger partial charge in [-0.1, -0.05) is 17.7 Å². The minimum atomic E-state index is -0.0764. The molecule has 1 unspecified atom stereocenters. The van der Waals surface area contributed by atoms with Crippen LogP contribution < -0.4 is 10.5 Å². The van der Waals surface area contributed by atoms with E-state index in [1.54, 1.807) is 18.9 Å². The van der Waals surface area contributed by atoms with Gasteiger partial charge in [-0.05, 0) is 44.5 Å². The lowest BCUT2D eigenvalue weighted by Crippen LogP contribution is -2.14. The van der Waals surface area contributed by atoms with Gasteiger partial charge in [-0.25, -0.2) is 4.98 Å². The zero-order valence-corrected chi connectivity index (χ0v) is 13.8. The Labute approximate surface area is 130 Å². The van der Waals surface area contributed by atoms with Gasteiger partial charge in [0, 0.05) is 23.1 Å². The first-order chi connectivity index (χ1) is 9.99. The molecule has 0 fully saturated rings. The molecule has 0 amide bonds. The first kappa shape index (κ1) is 15.9. The van der Waals surface area contributed by atoms with E-state index in [1.165, 1.54) is 11.1 Å². The number of thioether (sulfide) groups is 1. The van der Waals surface area contributed by atoms with Crippen LogP contribution in [0.2, 0.25) is 0 Å². The van der Waals surface area contributed by atoms with Crippen molar-refractivity contribution in [3.05, 3.63) is 52.7 Å². The minimum absolute atomic E-state index is 0.0764. The van der Waals surface area contributed by atoms with E-state index >= 15 is 0 Å². The van der Waals surface area contributed by atoms with Crippen molar-refractivity contribution in [1.82, 2.24) is 4.98 Å². The van der Waals surface area contributed by atoms with E-state index in [1.807, 2.05) is 19.1 Å². The first-order valence-corrected chi connectivity index (χ1v) is 7.96. The number of nitrogens with two attached hydrogens (primary N) is 1. The maximum atomic E-state index is 6.34. The number of hydrogen-bond acceptors (Lipinski definition) is 4. The summed E-state index contributed by atoms with van der Waals surface area (Å²) in [6, 6.07) is 10.2. The first-order valence-electron chi connectivity index (χ1n) is 6.98. The molecular formula is C17H22N2OS. The van der Waals surface area contributed by atoms with Crippen LogP contribution in [0.3, 0.4) is 0 Å². The van der Waals surface area contributed by atoms with Gasteiger partial charge in [0.2, 0.25) is 0 Å². The van der Waals surface area contributed by atoms with Crippen LogP contribution in [0.5, 0.6) is 5.75 Å². The Morgan fingerprint density at radius 1 is 1.14 bits per heavy atom. The molecule has 1 atom stereocenters. The molecule has 3 nitrogen and oxygen atoms in total. The summed E-state index contributed by atoms with van der Waals surface area (Å²) in [5.74, 6) is 1.62. The van der Waals surface area contributed by atoms with Gasteiger partial charge in [0.15, 0.2) is 0 Å². The van der Waals surface area contributed by atoms with Crippen molar-refractivity contribution < 1.29 is 4.74 Å². The summed E-state index contributed by atoms with van der Waals surface area (Å²) in [7, 11) is 1.68. The van der Waals surface area contributed by atoms with Crippen molar-refractivity contribution in [2.75, 3.05) is 12.9 Å². The van der Waals surface area contributed by atoms with E-state index in [9.17, 15) is 0 Å². The smallest absolute Gasteiger partial charge is 0.123 e. The quantitative estimate of drug-likeness (QED) is 0.853. The second kappa shape index (κ2) is 6.96. The maximum Gasteiger partial charge on any atom is 0.123 e. The molecule has 0 saturated carbocycles. The number of pyridine rings is 1. The number of ether oxygens (including phenoxy) is 1. The van der Waals surface area contributed by atoms with E-state index in [2.05, 4.69) is 37.0 Å². The molecule has 0 spiro atoms. The van der Waals surface area contributed by atoms with Crippen LogP contribution >= 0.6 is 11.8 Å². The average molecular weight is 302 g/mol. The second-order valence-corrected chi connectivity index (χ2v) is 6.33. The van der Waals surface area contributed by atoms with Crippen LogP contribution in [0.1, 0.15) is 28.4 Å². The largest absolute Gasteiger partial charge is 0.496 e. The molecule has 21 heavy (non-hydrogen) atoms. The molecule has 0 bridgehead atoms. The molecule has 2 rings (SSSR count). The van der Waals surface area contributed by atoms with Crippen molar-refractivity contribution in [2.24, 2.45) is 5.73 Å². The molecule has 1 heterocycles. The van der Waals surface area contributed by atoms with Crippen LogP contribution in [0.25, 0.3) is 0 Å². The Kier molecular flexibility index (Phi) is 5.26. The Hall–Kier alpha value is -1.52. The SMILES string of the molecule is COc1ccc(C)cc1C(N)CSc1cc(C)cc(C)n1. The molecule has 2 N–H and O–H groups in total. The molecular weight excluding hydrogens is 280 g/mol. The number of benzene rings is 1. The van der Waals surface area contributed by atoms with E-state index in [-0.39, 0.29) is 6.04 Å². The van der Waals surface area contributed by atoms with Gasteiger partial charge in [0.1, 0.15) is 5.75 Å². The van der Waals surface area contributed by atoms with E-state index in [0.29, 0.717) is 0 Å². The van der Waals surface area contributed by atoms with Crippen molar-refractivity contribution in [3.63, 3.8) is 0 Å². The van der Waals surface area contributed by atoms with Crippen LogP contribution in [0, 0.1) is 20.8 Å². The fraction of sp³-hybridized carbons (Fsp3) is 0.353. The Morgan fingerprint density at radius 2 is 1.90 bits per heavy atom. The number of hydrogen-bond donors (Lipinski definition) is 1. The van der Waals surface area contributed by atoms with E-state index < -0.39 is 0 Å². The third-order valence-electron chi connectivity index (χ3n) is 3.27. The lowest BCUT2D eigenvalue weighted by atomic mass is 10.1.